The molecule has 450 valence electrons. The smallest absolute Gasteiger partial charge is 0.164 e. The zero-order valence-electron chi connectivity index (χ0n) is 54.8. The molecular weight excluding hydrogens is 1120 g/mol. The van der Waals surface area contributed by atoms with E-state index in [2.05, 4.69) is 323 Å². The molecule has 0 aliphatic rings. The van der Waals surface area contributed by atoms with Crippen LogP contribution < -0.4 is 0 Å². The Bertz CT molecular complexity index is 5100. The Morgan fingerprint density at radius 2 is 0.609 bits per heavy atom. The van der Waals surface area contributed by atoms with Crippen molar-refractivity contribution in [1.82, 2.24) is 24.1 Å². The maximum Gasteiger partial charge on any atom is 0.164 e. The van der Waals surface area contributed by atoms with E-state index in [0.29, 0.717) is 23.0 Å². The normalized spacial score (nSPS) is 12.3. The number of rotatable bonds is 9. The van der Waals surface area contributed by atoms with Crippen LogP contribution in [0.5, 0.6) is 0 Å². The second-order valence-corrected chi connectivity index (χ2v) is 29.0. The fourth-order valence-corrected chi connectivity index (χ4v) is 13.1. The monoisotopic (exact) mass is 1190 g/mol. The quantitative estimate of drug-likeness (QED) is 0.144. The predicted octanol–water partition coefficient (Wildman–Crippen LogP) is 22.8. The number of hydrogen-bond donors (Lipinski definition) is 0. The van der Waals surface area contributed by atoms with Crippen LogP contribution >= 0.6 is 0 Å². The van der Waals surface area contributed by atoms with Crippen molar-refractivity contribution >= 4 is 43.6 Å². The summed E-state index contributed by atoms with van der Waals surface area (Å²) in [7, 11) is 0. The van der Waals surface area contributed by atoms with Gasteiger partial charge in [0.05, 0.1) is 45.1 Å². The number of hydrogen-bond acceptors (Lipinski definition) is 4. The number of nitriles is 1. The van der Waals surface area contributed by atoms with Gasteiger partial charge in [-0.1, -0.05) is 223 Å². The third kappa shape index (κ3) is 11.0. The molecule has 11 aromatic carbocycles. The summed E-state index contributed by atoms with van der Waals surface area (Å²) in [5, 5.41) is 15.0. The molecular formula is C86H76N6. The maximum atomic E-state index is 10.3. The maximum absolute atomic E-state index is 10.3. The molecule has 0 spiro atoms. The van der Waals surface area contributed by atoms with Crippen LogP contribution in [0.15, 0.2) is 243 Å². The van der Waals surface area contributed by atoms with Crippen LogP contribution in [0.3, 0.4) is 0 Å². The van der Waals surface area contributed by atoms with Gasteiger partial charge in [0.1, 0.15) is 0 Å². The molecule has 3 aromatic heterocycles. The van der Waals surface area contributed by atoms with E-state index in [4.69, 9.17) is 15.0 Å². The molecule has 0 atom stereocenters. The largest absolute Gasteiger partial charge is 0.309 e. The third-order valence-electron chi connectivity index (χ3n) is 18.4. The number of nitrogens with zero attached hydrogens (tertiary/aromatic N) is 6. The van der Waals surface area contributed by atoms with Crippen molar-refractivity contribution in [2.75, 3.05) is 0 Å². The number of aromatic nitrogens is 5. The van der Waals surface area contributed by atoms with Gasteiger partial charge < -0.3 is 9.13 Å². The van der Waals surface area contributed by atoms with Crippen molar-refractivity contribution in [3.63, 3.8) is 0 Å². The SMILES string of the molecule is CC(C)(C)c1cc(-c2nc(-c3cc(C(C)(C)C)cc(C(C)(C)C)c3)nc(-c3ccc(-n4c5ccccc5c5cc(-c6ccccc6)ccc54)c(-c4cc(-c5cccc(C#N)c5)ccc4-n4c5ccccc5c5cc(-c6ccccc6)ccc54)c3)n2)cc(C(C)(C)C)c1. The van der Waals surface area contributed by atoms with Crippen LogP contribution in [0, 0.1) is 11.3 Å². The Labute approximate surface area is 541 Å². The van der Waals surface area contributed by atoms with Crippen LogP contribution in [0.1, 0.15) is 111 Å². The lowest BCUT2D eigenvalue weighted by Gasteiger charge is -2.26. The summed E-state index contributed by atoms with van der Waals surface area (Å²) < 4.78 is 4.90. The average Bonchev–Trinajstić information content (AvgIpc) is 1.64. The first kappa shape index (κ1) is 59.2. The molecule has 0 N–H and O–H groups in total. The standard InChI is InChI=1S/C86H76N6/c1-83(2,3)64-43-62(44-65(51-64)84(4,5)6)81-88-80(89-82(90-81)63-45-66(85(7,8)9)52-67(46-63)86(10,11)12)61-37-41-79(92-75-33-22-20-31-69(75)71-48-59(35-39-77(71)92)56-27-17-14-18-28-56)73(50-61)72-49-60(57-29-23-24-54(42-57)53-87)36-40-78(72)91-74-32-21-19-30-68(74)70-47-58(34-38-76(70)91)55-25-15-13-16-26-55/h13-52H,1-12H3. The Morgan fingerprint density at radius 1 is 0.272 bits per heavy atom. The van der Waals surface area contributed by atoms with E-state index in [1.54, 1.807) is 0 Å². The summed E-state index contributed by atoms with van der Waals surface area (Å²) in [6.45, 7) is 27.4. The van der Waals surface area contributed by atoms with Gasteiger partial charge in [-0.25, -0.2) is 15.0 Å². The highest BCUT2D eigenvalue weighted by Crippen LogP contribution is 2.46. The minimum absolute atomic E-state index is 0.152. The van der Waals surface area contributed by atoms with E-state index in [1.807, 2.05) is 18.2 Å². The van der Waals surface area contributed by atoms with E-state index in [-0.39, 0.29) is 21.7 Å². The van der Waals surface area contributed by atoms with Crippen LogP contribution in [0.2, 0.25) is 0 Å². The number of fused-ring (bicyclic) bond motifs is 6. The van der Waals surface area contributed by atoms with E-state index in [9.17, 15) is 5.26 Å². The molecule has 0 radical (unpaired) electrons. The molecule has 0 fully saturated rings. The van der Waals surface area contributed by atoms with Gasteiger partial charge in [0.25, 0.3) is 0 Å². The minimum Gasteiger partial charge on any atom is -0.309 e. The molecule has 3 heterocycles. The van der Waals surface area contributed by atoms with Crippen molar-refractivity contribution in [1.29, 1.82) is 5.26 Å². The summed E-state index contributed by atoms with van der Waals surface area (Å²) in [6.07, 6.45) is 0. The predicted molar refractivity (Wildman–Crippen MR) is 386 cm³/mol. The second-order valence-electron chi connectivity index (χ2n) is 29.0. The van der Waals surface area contributed by atoms with Crippen molar-refractivity contribution in [3.05, 3.63) is 270 Å². The van der Waals surface area contributed by atoms with Gasteiger partial charge in [-0.3, -0.25) is 0 Å². The Balaban J connectivity index is 1.11. The summed E-state index contributed by atoms with van der Waals surface area (Å²) in [5.41, 5.74) is 22.4. The topological polar surface area (TPSA) is 72.3 Å². The zero-order valence-corrected chi connectivity index (χ0v) is 54.8. The highest BCUT2D eigenvalue weighted by atomic mass is 15.0. The highest BCUT2D eigenvalue weighted by molar-refractivity contribution is 6.13. The summed E-state index contributed by atoms with van der Waals surface area (Å²) in [6, 6.07) is 90.5. The lowest BCUT2D eigenvalue weighted by molar-refractivity contribution is 0.568. The van der Waals surface area contributed by atoms with E-state index in [1.165, 1.54) is 22.3 Å². The van der Waals surface area contributed by atoms with Crippen molar-refractivity contribution in [3.8, 4) is 96.1 Å². The van der Waals surface area contributed by atoms with Crippen LogP contribution in [-0.2, 0) is 21.7 Å². The van der Waals surface area contributed by atoms with E-state index >= 15 is 0 Å². The zero-order chi connectivity index (χ0) is 64.0. The van der Waals surface area contributed by atoms with Gasteiger partial charge in [-0.15, -0.1) is 0 Å². The fourth-order valence-electron chi connectivity index (χ4n) is 13.1. The molecule has 0 saturated carbocycles. The molecule has 0 amide bonds. The van der Waals surface area contributed by atoms with Crippen molar-refractivity contribution < 1.29 is 0 Å². The Kier molecular flexibility index (Phi) is 14.5. The summed E-state index contributed by atoms with van der Waals surface area (Å²) >= 11 is 0. The molecule has 6 nitrogen and oxygen atoms in total. The van der Waals surface area contributed by atoms with Gasteiger partial charge in [0.2, 0.25) is 0 Å². The van der Waals surface area contributed by atoms with Crippen LogP contribution in [0.4, 0.5) is 0 Å². The molecule has 0 unspecified atom stereocenters. The number of para-hydroxylation sites is 2. The van der Waals surface area contributed by atoms with Crippen molar-refractivity contribution in [2.45, 2.75) is 105 Å². The Morgan fingerprint density at radius 3 is 1.03 bits per heavy atom. The second kappa shape index (κ2) is 22.5. The average molecular weight is 1190 g/mol. The fraction of sp³-hybridized carbons (Fsp3) is 0.186. The molecule has 14 aromatic rings. The van der Waals surface area contributed by atoms with Gasteiger partial charge >= 0.3 is 0 Å². The first-order chi connectivity index (χ1) is 44.0. The van der Waals surface area contributed by atoms with Crippen LogP contribution in [0.25, 0.3) is 134 Å². The van der Waals surface area contributed by atoms with Gasteiger partial charge in [0.15, 0.2) is 17.5 Å². The van der Waals surface area contributed by atoms with Gasteiger partial charge in [0, 0.05) is 49.4 Å². The third-order valence-corrected chi connectivity index (χ3v) is 18.4. The molecule has 0 aliphatic heterocycles. The Hall–Kier alpha value is -10.5. The molecule has 14 rings (SSSR count). The van der Waals surface area contributed by atoms with E-state index < -0.39 is 0 Å². The first-order valence-electron chi connectivity index (χ1n) is 32.1. The lowest BCUT2D eigenvalue weighted by Crippen LogP contribution is -2.17. The molecule has 6 heteroatoms. The highest BCUT2D eigenvalue weighted by Gasteiger charge is 2.28. The molecule has 0 saturated heterocycles. The van der Waals surface area contributed by atoms with Gasteiger partial charge in [-0.2, -0.15) is 5.26 Å². The molecule has 0 aliphatic carbocycles. The molecule has 0 bridgehead atoms. The van der Waals surface area contributed by atoms with E-state index in [0.717, 1.165) is 116 Å². The summed E-state index contributed by atoms with van der Waals surface area (Å²) in [4.78, 5) is 16.9. The van der Waals surface area contributed by atoms with Crippen molar-refractivity contribution in [2.24, 2.45) is 0 Å². The van der Waals surface area contributed by atoms with Gasteiger partial charge in [-0.05, 0) is 180 Å². The minimum atomic E-state index is -0.152. The number of benzene rings is 11. The lowest BCUT2D eigenvalue weighted by atomic mass is 9.79. The molecule has 92 heavy (non-hydrogen) atoms. The van der Waals surface area contributed by atoms with Crippen LogP contribution in [-0.4, -0.2) is 24.1 Å². The summed E-state index contributed by atoms with van der Waals surface area (Å²) in [5.74, 6) is 1.79. The first-order valence-corrected chi connectivity index (χ1v) is 32.1.